The van der Waals surface area contributed by atoms with Crippen molar-refractivity contribution in [2.75, 3.05) is 0 Å². The van der Waals surface area contributed by atoms with Crippen molar-refractivity contribution in [3.63, 3.8) is 0 Å². The molecular weight excluding hydrogens is 270 g/mol. The Bertz CT molecular complexity index is 569. The van der Waals surface area contributed by atoms with Crippen molar-refractivity contribution in [1.82, 2.24) is 5.32 Å². The van der Waals surface area contributed by atoms with Gasteiger partial charge in [0.2, 0.25) is 0 Å². The third kappa shape index (κ3) is 4.88. The summed E-state index contributed by atoms with van der Waals surface area (Å²) in [7, 11) is 0. The normalized spacial score (nSPS) is 14.5. The molecule has 2 atom stereocenters. The topological polar surface area (TPSA) is 32.3 Å². The van der Waals surface area contributed by atoms with Gasteiger partial charge >= 0.3 is 0 Å². The van der Waals surface area contributed by atoms with Gasteiger partial charge in [-0.15, -0.1) is 0 Å². The van der Waals surface area contributed by atoms with Crippen LogP contribution in [-0.4, -0.2) is 16.7 Å². The molecule has 0 aliphatic rings. The molecule has 2 rings (SSSR count). The van der Waals surface area contributed by atoms with Crippen LogP contribution in [0.1, 0.15) is 51.2 Å². The summed E-state index contributed by atoms with van der Waals surface area (Å²) in [5.41, 5.74) is 2.66. The molecule has 2 N–H and O–H groups in total. The molecule has 0 saturated carbocycles. The van der Waals surface area contributed by atoms with Crippen LogP contribution in [0.2, 0.25) is 0 Å². The van der Waals surface area contributed by atoms with Crippen molar-refractivity contribution < 1.29 is 5.11 Å². The third-order valence-corrected chi connectivity index (χ3v) is 3.77. The lowest BCUT2D eigenvalue weighted by atomic mass is 9.86. The van der Waals surface area contributed by atoms with Crippen molar-refractivity contribution in [3.05, 3.63) is 65.7 Å². The molecule has 0 aliphatic carbocycles. The Kier molecular flexibility index (Phi) is 5.25. The minimum absolute atomic E-state index is 0.107. The SMILES string of the molecule is C[C@@H](CC(c1ccccc1)c1ccc(O)cc1)NC(C)(C)C. The molecular formula is C20H27NO. The molecule has 0 bridgehead atoms. The molecule has 1 unspecified atom stereocenters. The Balaban J connectivity index is 2.24. The fourth-order valence-corrected chi connectivity index (χ4v) is 3.01. The monoisotopic (exact) mass is 297 g/mol. The van der Waals surface area contributed by atoms with Crippen LogP contribution in [0.15, 0.2) is 54.6 Å². The van der Waals surface area contributed by atoms with Gasteiger partial charge in [0.05, 0.1) is 0 Å². The van der Waals surface area contributed by atoms with Gasteiger partial charge in [-0.1, -0.05) is 42.5 Å². The average Bonchev–Trinajstić information content (AvgIpc) is 2.45. The van der Waals surface area contributed by atoms with E-state index < -0.39 is 0 Å². The van der Waals surface area contributed by atoms with Gasteiger partial charge in [-0.25, -0.2) is 0 Å². The minimum atomic E-state index is 0.107. The molecule has 2 heteroatoms. The number of aromatic hydroxyl groups is 1. The average molecular weight is 297 g/mol. The van der Waals surface area contributed by atoms with Crippen LogP contribution in [0.3, 0.4) is 0 Å². The smallest absolute Gasteiger partial charge is 0.115 e. The van der Waals surface area contributed by atoms with Crippen LogP contribution in [0.4, 0.5) is 0 Å². The molecule has 22 heavy (non-hydrogen) atoms. The highest BCUT2D eigenvalue weighted by molar-refractivity contribution is 5.35. The van der Waals surface area contributed by atoms with Gasteiger partial charge in [0.25, 0.3) is 0 Å². The Labute approximate surface area is 134 Å². The second kappa shape index (κ2) is 6.97. The van der Waals surface area contributed by atoms with Crippen LogP contribution < -0.4 is 5.32 Å². The number of hydrogen-bond donors (Lipinski definition) is 2. The molecule has 0 radical (unpaired) electrons. The summed E-state index contributed by atoms with van der Waals surface area (Å²) in [6, 6.07) is 18.6. The standard InChI is InChI=1S/C20H27NO/c1-15(21-20(2,3)4)14-19(16-8-6-5-7-9-16)17-10-12-18(22)13-11-17/h5-13,15,19,21-22H,14H2,1-4H3/t15-,19?/m0/s1. The zero-order valence-electron chi connectivity index (χ0n) is 14.0. The van der Waals surface area contributed by atoms with Crippen LogP contribution in [0.5, 0.6) is 5.75 Å². The maximum atomic E-state index is 9.53. The van der Waals surface area contributed by atoms with E-state index >= 15 is 0 Å². The first-order valence-corrected chi connectivity index (χ1v) is 7.97. The lowest BCUT2D eigenvalue weighted by molar-refractivity contribution is 0.353. The largest absolute Gasteiger partial charge is 0.508 e. The number of rotatable bonds is 5. The highest BCUT2D eigenvalue weighted by Crippen LogP contribution is 2.30. The Hall–Kier alpha value is -1.80. The first-order valence-electron chi connectivity index (χ1n) is 7.97. The Morgan fingerprint density at radius 3 is 2.00 bits per heavy atom. The van der Waals surface area contributed by atoms with E-state index in [1.165, 1.54) is 11.1 Å². The molecule has 0 amide bonds. The summed E-state index contributed by atoms with van der Waals surface area (Å²) in [6.07, 6.45) is 1.02. The summed E-state index contributed by atoms with van der Waals surface area (Å²) < 4.78 is 0. The first kappa shape index (κ1) is 16.6. The second-order valence-electron chi connectivity index (χ2n) is 7.09. The van der Waals surface area contributed by atoms with Crippen LogP contribution >= 0.6 is 0 Å². The number of phenols is 1. The second-order valence-corrected chi connectivity index (χ2v) is 7.09. The van der Waals surface area contributed by atoms with E-state index in [1.54, 1.807) is 12.1 Å². The molecule has 2 nitrogen and oxygen atoms in total. The van der Waals surface area contributed by atoms with Gasteiger partial charge in [0, 0.05) is 17.5 Å². The summed E-state index contributed by atoms with van der Waals surface area (Å²) >= 11 is 0. The maximum Gasteiger partial charge on any atom is 0.115 e. The highest BCUT2D eigenvalue weighted by Gasteiger charge is 2.20. The number of phenolic OH excluding ortho intramolecular Hbond substituents is 1. The fraction of sp³-hybridized carbons (Fsp3) is 0.400. The molecule has 0 aliphatic heterocycles. The van der Waals surface area contributed by atoms with E-state index in [-0.39, 0.29) is 5.54 Å². The van der Waals surface area contributed by atoms with Crippen molar-refractivity contribution in [2.45, 2.75) is 51.6 Å². The minimum Gasteiger partial charge on any atom is -0.508 e. The summed E-state index contributed by atoms with van der Waals surface area (Å²) in [5.74, 6) is 0.642. The molecule has 0 aromatic heterocycles. The summed E-state index contributed by atoms with van der Waals surface area (Å²) in [6.45, 7) is 8.83. The predicted molar refractivity (Wildman–Crippen MR) is 93.4 cm³/mol. The molecule has 2 aromatic rings. The number of benzene rings is 2. The highest BCUT2D eigenvalue weighted by atomic mass is 16.3. The van der Waals surface area contributed by atoms with Gasteiger partial charge in [0.1, 0.15) is 5.75 Å². The van der Waals surface area contributed by atoms with E-state index in [4.69, 9.17) is 0 Å². The zero-order chi connectivity index (χ0) is 16.2. The number of hydrogen-bond acceptors (Lipinski definition) is 2. The van der Waals surface area contributed by atoms with Gasteiger partial charge in [-0.2, -0.15) is 0 Å². The van der Waals surface area contributed by atoms with Crippen molar-refractivity contribution in [2.24, 2.45) is 0 Å². The summed E-state index contributed by atoms with van der Waals surface area (Å²) in [4.78, 5) is 0. The molecule has 0 spiro atoms. The van der Waals surface area contributed by atoms with Crippen molar-refractivity contribution >= 4 is 0 Å². The lowest BCUT2D eigenvalue weighted by Crippen LogP contribution is -2.42. The Morgan fingerprint density at radius 1 is 0.909 bits per heavy atom. The van der Waals surface area contributed by atoms with E-state index in [0.717, 1.165) is 6.42 Å². The predicted octanol–water partition coefficient (Wildman–Crippen LogP) is 4.69. The van der Waals surface area contributed by atoms with Gasteiger partial charge < -0.3 is 10.4 Å². The molecule has 0 heterocycles. The summed E-state index contributed by atoms with van der Waals surface area (Å²) in [5, 5.41) is 13.2. The van der Waals surface area contributed by atoms with Gasteiger partial charge in [-0.05, 0) is 57.4 Å². The van der Waals surface area contributed by atoms with Crippen LogP contribution in [0, 0.1) is 0 Å². The maximum absolute atomic E-state index is 9.53. The molecule has 118 valence electrons. The third-order valence-electron chi connectivity index (χ3n) is 3.77. The molecule has 0 fully saturated rings. The molecule has 0 saturated heterocycles. The van der Waals surface area contributed by atoms with Gasteiger partial charge in [0.15, 0.2) is 0 Å². The molecule has 2 aromatic carbocycles. The Morgan fingerprint density at radius 2 is 1.45 bits per heavy atom. The van der Waals surface area contributed by atoms with Gasteiger partial charge in [-0.3, -0.25) is 0 Å². The van der Waals surface area contributed by atoms with Crippen LogP contribution in [0.25, 0.3) is 0 Å². The van der Waals surface area contributed by atoms with Crippen molar-refractivity contribution in [3.8, 4) is 5.75 Å². The quantitative estimate of drug-likeness (QED) is 0.839. The van der Waals surface area contributed by atoms with E-state index in [9.17, 15) is 5.11 Å². The van der Waals surface area contributed by atoms with Crippen molar-refractivity contribution in [1.29, 1.82) is 0 Å². The van der Waals surface area contributed by atoms with E-state index in [1.807, 2.05) is 18.2 Å². The zero-order valence-corrected chi connectivity index (χ0v) is 14.0. The first-order chi connectivity index (χ1) is 10.3. The fourth-order valence-electron chi connectivity index (χ4n) is 3.01. The number of nitrogens with one attached hydrogen (secondary N) is 1. The van der Waals surface area contributed by atoms with E-state index in [0.29, 0.717) is 17.7 Å². The van der Waals surface area contributed by atoms with Crippen LogP contribution in [-0.2, 0) is 0 Å². The van der Waals surface area contributed by atoms with E-state index in [2.05, 4.69) is 57.3 Å². The lowest BCUT2D eigenvalue weighted by Gasteiger charge is -2.29.